The summed E-state index contributed by atoms with van der Waals surface area (Å²) in [7, 11) is 0. The minimum absolute atomic E-state index is 0.198. The van der Waals surface area contributed by atoms with Gasteiger partial charge in [0.05, 0.1) is 15.1 Å². The van der Waals surface area contributed by atoms with Crippen LogP contribution in [0.1, 0.15) is 11.1 Å². The first-order chi connectivity index (χ1) is 9.56. The number of aromatic hydroxyl groups is 2. The lowest BCUT2D eigenvalue weighted by Crippen LogP contribution is -1.86. The summed E-state index contributed by atoms with van der Waals surface area (Å²) in [5.74, 6) is 0.411. The first-order valence-electron chi connectivity index (χ1n) is 6.12. The van der Waals surface area contributed by atoms with E-state index in [9.17, 15) is 10.2 Å². The highest BCUT2D eigenvalue weighted by Gasteiger charge is 2.14. The number of phenolic OH excluding ortho intramolecular Hbond substituents is 2. The number of rotatable bonds is 2. The fraction of sp³-hybridized carbons (Fsp3) is 0.133. The van der Waals surface area contributed by atoms with Crippen LogP contribution in [0.2, 0.25) is 0 Å². The summed E-state index contributed by atoms with van der Waals surface area (Å²) < 4.78 is 1.96. The SMILES string of the molecule is Cc1c(O)cc(Sc2nc3ccccc3s2)c(O)c1C. The summed E-state index contributed by atoms with van der Waals surface area (Å²) in [5.41, 5.74) is 2.36. The number of benzene rings is 2. The summed E-state index contributed by atoms with van der Waals surface area (Å²) in [5, 5.41) is 20.1. The second kappa shape index (κ2) is 5.00. The average molecular weight is 303 g/mol. The van der Waals surface area contributed by atoms with Crippen LogP contribution in [0, 0.1) is 13.8 Å². The molecule has 102 valence electrons. The Hall–Kier alpha value is -1.72. The van der Waals surface area contributed by atoms with Gasteiger partial charge >= 0.3 is 0 Å². The van der Waals surface area contributed by atoms with E-state index in [-0.39, 0.29) is 11.5 Å². The molecular formula is C15H13NO2S2. The first-order valence-corrected chi connectivity index (χ1v) is 7.75. The molecule has 1 heterocycles. The molecule has 0 saturated heterocycles. The quantitative estimate of drug-likeness (QED) is 0.686. The third-order valence-electron chi connectivity index (χ3n) is 3.27. The van der Waals surface area contributed by atoms with Crippen molar-refractivity contribution < 1.29 is 10.2 Å². The van der Waals surface area contributed by atoms with Crippen molar-refractivity contribution >= 4 is 33.3 Å². The van der Waals surface area contributed by atoms with E-state index in [0.717, 1.165) is 14.6 Å². The van der Waals surface area contributed by atoms with Gasteiger partial charge in [-0.05, 0) is 43.2 Å². The Labute approximate surface area is 124 Å². The van der Waals surface area contributed by atoms with Gasteiger partial charge in [-0.15, -0.1) is 11.3 Å². The van der Waals surface area contributed by atoms with E-state index in [4.69, 9.17) is 0 Å². The van der Waals surface area contributed by atoms with Gasteiger partial charge in [0, 0.05) is 0 Å². The number of para-hydroxylation sites is 1. The summed E-state index contributed by atoms with van der Waals surface area (Å²) in [6.07, 6.45) is 0. The van der Waals surface area contributed by atoms with Crippen molar-refractivity contribution in [2.24, 2.45) is 0 Å². The number of aromatic nitrogens is 1. The zero-order valence-electron chi connectivity index (χ0n) is 11.0. The topological polar surface area (TPSA) is 53.4 Å². The van der Waals surface area contributed by atoms with Crippen molar-refractivity contribution in [1.29, 1.82) is 0 Å². The van der Waals surface area contributed by atoms with Gasteiger partial charge < -0.3 is 10.2 Å². The Bertz CT molecular complexity index is 763. The van der Waals surface area contributed by atoms with E-state index in [2.05, 4.69) is 4.98 Å². The molecule has 0 radical (unpaired) electrons. The highest BCUT2D eigenvalue weighted by Crippen LogP contribution is 2.42. The summed E-state index contributed by atoms with van der Waals surface area (Å²) in [6, 6.07) is 9.51. The first kappa shape index (κ1) is 13.3. The van der Waals surface area contributed by atoms with Crippen LogP contribution in [0.5, 0.6) is 11.5 Å². The second-order valence-electron chi connectivity index (χ2n) is 4.54. The Morgan fingerprint density at radius 2 is 1.85 bits per heavy atom. The molecule has 20 heavy (non-hydrogen) atoms. The van der Waals surface area contributed by atoms with Gasteiger partial charge in [-0.1, -0.05) is 23.9 Å². The zero-order chi connectivity index (χ0) is 14.3. The lowest BCUT2D eigenvalue weighted by atomic mass is 10.1. The van der Waals surface area contributed by atoms with Crippen molar-refractivity contribution in [2.45, 2.75) is 23.1 Å². The molecule has 0 spiro atoms. The molecule has 3 nitrogen and oxygen atoms in total. The molecular weight excluding hydrogens is 290 g/mol. The predicted molar refractivity (Wildman–Crippen MR) is 83.0 cm³/mol. The Kier molecular flexibility index (Phi) is 3.31. The van der Waals surface area contributed by atoms with E-state index >= 15 is 0 Å². The molecule has 2 N–H and O–H groups in total. The number of nitrogens with zero attached hydrogens (tertiary/aromatic N) is 1. The molecule has 0 aliphatic carbocycles. The lowest BCUT2D eigenvalue weighted by molar-refractivity contribution is 0.441. The fourth-order valence-corrected chi connectivity index (χ4v) is 4.08. The molecule has 0 aliphatic rings. The van der Waals surface area contributed by atoms with Crippen LogP contribution in [0.25, 0.3) is 10.2 Å². The molecule has 1 aromatic heterocycles. The largest absolute Gasteiger partial charge is 0.508 e. The standard InChI is InChI=1S/C15H13NO2S2/c1-8-9(2)14(18)13(7-11(8)17)20-15-16-10-5-3-4-6-12(10)19-15/h3-7,17-18H,1-2H3. The smallest absolute Gasteiger partial charge is 0.156 e. The van der Waals surface area contributed by atoms with Gasteiger partial charge in [-0.2, -0.15) is 0 Å². The molecule has 0 aliphatic heterocycles. The molecule has 0 bridgehead atoms. The minimum Gasteiger partial charge on any atom is -0.508 e. The average Bonchev–Trinajstić information content (AvgIpc) is 2.84. The van der Waals surface area contributed by atoms with E-state index in [0.29, 0.717) is 16.0 Å². The molecule has 3 rings (SSSR count). The number of fused-ring (bicyclic) bond motifs is 1. The van der Waals surface area contributed by atoms with Crippen LogP contribution in [0.4, 0.5) is 0 Å². The third kappa shape index (κ3) is 2.23. The number of thiazole rings is 1. The van der Waals surface area contributed by atoms with Crippen LogP contribution in [0.15, 0.2) is 39.6 Å². The molecule has 0 amide bonds. The number of phenols is 2. The van der Waals surface area contributed by atoms with Crippen LogP contribution in [0.3, 0.4) is 0 Å². The normalized spacial score (nSPS) is 11.1. The second-order valence-corrected chi connectivity index (χ2v) is 6.86. The molecule has 0 fully saturated rings. The molecule has 2 aromatic carbocycles. The van der Waals surface area contributed by atoms with Crippen molar-refractivity contribution in [2.75, 3.05) is 0 Å². The van der Waals surface area contributed by atoms with E-state index in [1.807, 2.05) is 24.3 Å². The fourth-order valence-electron chi connectivity index (χ4n) is 1.92. The van der Waals surface area contributed by atoms with Gasteiger partial charge in [0.25, 0.3) is 0 Å². The molecule has 3 aromatic rings. The molecule has 0 atom stereocenters. The van der Waals surface area contributed by atoms with Crippen molar-refractivity contribution in [3.8, 4) is 11.5 Å². The maximum absolute atomic E-state index is 10.2. The summed E-state index contributed by atoms with van der Waals surface area (Å²) >= 11 is 2.95. The Morgan fingerprint density at radius 3 is 2.60 bits per heavy atom. The van der Waals surface area contributed by atoms with Crippen molar-refractivity contribution in [1.82, 2.24) is 4.98 Å². The summed E-state index contributed by atoms with van der Waals surface area (Å²) in [6.45, 7) is 3.59. The van der Waals surface area contributed by atoms with Gasteiger partial charge in [0.15, 0.2) is 4.34 Å². The molecule has 5 heteroatoms. The van der Waals surface area contributed by atoms with Gasteiger partial charge in [-0.3, -0.25) is 0 Å². The van der Waals surface area contributed by atoms with Crippen molar-refractivity contribution in [3.63, 3.8) is 0 Å². The highest BCUT2D eigenvalue weighted by molar-refractivity contribution is 8.01. The van der Waals surface area contributed by atoms with E-state index < -0.39 is 0 Å². The van der Waals surface area contributed by atoms with Crippen LogP contribution < -0.4 is 0 Å². The van der Waals surface area contributed by atoms with Crippen molar-refractivity contribution in [3.05, 3.63) is 41.5 Å². The van der Waals surface area contributed by atoms with Gasteiger partial charge in [0.2, 0.25) is 0 Å². The lowest BCUT2D eigenvalue weighted by Gasteiger charge is -2.10. The summed E-state index contributed by atoms with van der Waals surface area (Å²) in [4.78, 5) is 5.15. The Morgan fingerprint density at radius 1 is 1.10 bits per heavy atom. The molecule has 0 saturated carbocycles. The minimum atomic E-state index is 0.198. The monoisotopic (exact) mass is 303 g/mol. The third-order valence-corrected chi connectivity index (χ3v) is 5.40. The number of hydrogen-bond acceptors (Lipinski definition) is 5. The highest BCUT2D eigenvalue weighted by atomic mass is 32.2. The predicted octanol–water partition coefficient (Wildman–Crippen LogP) is 4.48. The molecule has 0 unspecified atom stereocenters. The Balaban J connectivity index is 2.02. The van der Waals surface area contributed by atoms with E-state index in [1.54, 1.807) is 31.3 Å². The number of hydrogen-bond donors (Lipinski definition) is 2. The van der Waals surface area contributed by atoms with E-state index in [1.165, 1.54) is 11.8 Å². The van der Waals surface area contributed by atoms with Crippen LogP contribution in [-0.4, -0.2) is 15.2 Å². The van der Waals surface area contributed by atoms with Crippen LogP contribution >= 0.6 is 23.1 Å². The van der Waals surface area contributed by atoms with Gasteiger partial charge in [0.1, 0.15) is 11.5 Å². The van der Waals surface area contributed by atoms with Gasteiger partial charge in [-0.25, -0.2) is 4.98 Å². The van der Waals surface area contributed by atoms with Crippen LogP contribution in [-0.2, 0) is 0 Å². The maximum Gasteiger partial charge on any atom is 0.156 e. The maximum atomic E-state index is 10.2. The zero-order valence-corrected chi connectivity index (χ0v) is 12.7.